The molecule has 1 heterocycles. The molecule has 0 aliphatic rings. The van der Waals surface area contributed by atoms with Crippen molar-refractivity contribution in [2.24, 2.45) is 0 Å². The number of nitrogens with one attached hydrogen (secondary N) is 2. The Hall–Kier alpha value is -3.14. The number of rotatable bonds is 7. The second-order valence-electron chi connectivity index (χ2n) is 5.07. The summed E-state index contributed by atoms with van der Waals surface area (Å²) in [7, 11) is 1.55. The van der Waals surface area contributed by atoms with Crippen LogP contribution in [0.1, 0.15) is 10.4 Å². The fraction of sp³-hybridized carbons (Fsp3) is 0.118. The number of hydrogen-bond donors (Lipinski definition) is 2. The third-order valence-corrected chi connectivity index (χ3v) is 4.06. The van der Waals surface area contributed by atoms with Gasteiger partial charge in [-0.05, 0) is 24.3 Å². The minimum atomic E-state index is -3.02. The summed E-state index contributed by atoms with van der Waals surface area (Å²) in [6, 6.07) is 13.0. The van der Waals surface area contributed by atoms with E-state index in [-0.39, 0.29) is 16.5 Å². The second-order valence-corrected chi connectivity index (χ2v) is 5.85. The minimum Gasteiger partial charge on any atom is -0.496 e. The average molecular weight is 392 g/mol. The van der Waals surface area contributed by atoms with E-state index in [1.165, 1.54) is 18.2 Å². The van der Waals surface area contributed by atoms with Crippen LogP contribution < -0.4 is 14.2 Å². The van der Waals surface area contributed by atoms with E-state index in [1.807, 2.05) is 18.2 Å². The van der Waals surface area contributed by atoms with Gasteiger partial charge in [-0.25, -0.2) is 0 Å². The number of nitrogens with zero attached hydrogens (tertiary/aromatic N) is 2. The number of halogens is 2. The Labute approximate surface area is 157 Å². The van der Waals surface area contributed by atoms with Crippen molar-refractivity contribution in [3.8, 4) is 22.9 Å². The second kappa shape index (κ2) is 8.49. The fourth-order valence-electron chi connectivity index (χ4n) is 2.25. The standard InChI is InChI=1S/C17H14F2N4O3S/c1-25-12-8-4-2-6-10(12)14-20-17(22-21-14)27-23-15(24)11-7-3-5-9-13(11)26-16(18)19/h2-9,16H,1H3,(H,23,24)(H,20,21,22). The zero-order chi connectivity index (χ0) is 19.2. The van der Waals surface area contributed by atoms with Crippen molar-refractivity contribution in [3.63, 3.8) is 0 Å². The number of aromatic nitrogens is 3. The van der Waals surface area contributed by atoms with Gasteiger partial charge in [0.05, 0.1) is 18.2 Å². The molecule has 3 aromatic rings. The summed E-state index contributed by atoms with van der Waals surface area (Å²) >= 11 is 0.843. The first kappa shape index (κ1) is 18.6. The van der Waals surface area contributed by atoms with Gasteiger partial charge >= 0.3 is 6.61 Å². The lowest BCUT2D eigenvalue weighted by Gasteiger charge is -2.09. The number of alkyl halides is 2. The SMILES string of the molecule is COc1ccccc1-c1nc(SNC(=O)c2ccccc2OC(F)F)n[nH]1. The molecule has 0 aliphatic carbocycles. The summed E-state index contributed by atoms with van der Waals surface area (Å²) in [5.41, 5.74) is 0.687. The van der Waals surface area contributed by atoms with E-state index in [2.05, 4.69) is 24.6 Å². The molecule has 0 spiro atoms. The highest BCUT2D eigenvalue weighted by Gasteiger charge is 2.17. The number of carbonyl (C=O) groups is 1. The van der Waals surface area contributed by atoms with Crippen molar-refractivity contribution >= 4 is 17.9 Å². The molecule has 10 heteroatoms. The van der Waals surface area contributed by atoms with E-state index < -0.39 is 12.5 Å². The van der Waals surface area contributed by atoms with E-state index in [4.69, 9.17) is 4.74 Å². The Morgan fingerprint density at radius 2 is 1.85 bits per heavy atom. The number of benzene rings is 2. The number of H-pyrrole nitrogens is 1. The third kappa shape index (κ3) is 4.53. The zero-order valence-electron chi connectivity index (χ0n) is 14.0. The topological polar surface area (TPSA) is 89.1 Å². The van der Waals surface area contributed by atoms with E-state index in [1.54, 1.807) is 19.2 Å². The van der Waals surface area contributed by atoms with Crippen molar-refractivity contribution in [1.29, 1.82) is 0 Å². The van der Waals surface area contributed by atoms with Crippen LogP contribution in [-0.2, 0) is 0 Å². The molecule has 140 valence electrons. The molecule has 2 N–H and O–H groups in total. The number of carbonyl (C=O) groups excluding carboxylic acids is 1. The van der Waals surface area contributed by atoms with Crippen molar-refractivity contribution in [2.75, 3.05) is 7.11 Å². The average Bonchev–Trinajstić information content (AvgIpc) is 3.15. The number of hydrogen-bond acceptors (Lipinski definition) is 6. The fourth-order valence-corrected chi connectivity index (χ4v) is 2.77. The molecule has 1 amide bonds. The molecule has 0 radical (unpaired) electrons. The smallest absolute Gasteiger partial charge is 0.387 e. The van der Waals surface area contributed by atoms with Crippen LogP contribution in [-0.4, -0.2) is 34.8 Å². The van der Waals surface area contributed by atoms with E-state index in [0.717, 1.165) is 11.9 Å². The molecule has 7 nitrogen and oxygen atoms in total. The van der Waals surface area contributed by atoms with E-state index in [0.29, 0.717) is 17.1 Å². The molecular weight excluding hydrogens is 378 g/mol. The van der Waals surface area contributed by atoms with Gasteiger partial charge in [0.15, 0.2) is 5.82 Å². The monoisotopic (exact) mass is 392 g/mol. The number of ether oxygens (including phenoxy) is 2. The largest absolute Gasteiger partial charge is 0.496 e. The van der Waals surface area contributed by atoms with Crippen molar-refractivity contribution in [3.05, 3.63) is 54.1 Å². The molecule has 0 aliphatic heterocycles. The van der Waals surface area contributed by atoms with Gasteiger partial charge in [0.2, 0.25) is 5.16 Å². The van der Waals surface area contributed by atoms with Crippen LogP contribution in [0.25, 0.3) is 11.4 Å². The molecule has 0 unspecified atom stereocenters. The van der Waals surface area contributed by atoms with Crippen LogP contribution in [0, 0.1) is 0 Å². The third-order valence-electron chi connectivity index (χ3n) is 3.41. The molecule has 0 fully saturated rings. The summed E-state index contributed by atoms with van der Waals surface area (Å²) in [6.07, 6.45) is 0. The van der Waals surface area contributed by atoms with E-state index in [9.17, 15) is 13.6 Å². The molecule has 3 rings (SSSR count). The van der Waals surface area contributed by atoms with Gasteiger partial charge in [0, 0.05) is 11.9 Å². The molecular formula is C17H14F2N4O3S. The van der Waals surface area contributed by atoms with Gasteiger partial charge in [0.25, 0.3) is 5.91 Å². The summed E-state index contributed by atoms with van der Waals surface area (Å²) in [4.78, 5) is 16.5. The maximum Gasteiger partial charge on any atom is 0.387 e. The molecule has 27 heavy (non-hydrogen) atoms. The predicted molar refractivity (Wildman–Crippen MR) is 94.8 cm³/mol. The van der Waals surface area contributed by atoms with Gasteiger partial charge in [-0.3, -0.25) is 14.6 Å². The number of methoxy groups -OCH3 is 1. The highest BCUT2D eigenvalue weighted by molar-refractivity contribution is 7.97. The molecule has 0 saturated heterocycles. The Bertz CT molecular complexity index is 936. The predicted octanol–water partition coefficient (Wildman–Crippen LogP) is 3.52. The normalized spacial score (nSPS) is 10.7. The van der Waals surface area contributed by atoms with Crippen molar-refractivity contribution in [1.82, 2.24) is 19.9 Å². The summed E-state index contributed by atoms with van der Waals surface area (Å²) in [6.45, 7) is -3.02. The van der Waals surface area contributed by atoms with E-state index >= 15 is 0 Å². The van der Waals surface area contributed by atoms with Gasteiger partial charge in [-0.2, -0.15) is 13.8 Å². The molecule has 2 aromatic carbocycles. The number of para-hydroxylation sites is 2. The van der Waals surface area contributed by atoms with Crippen LogP contribution in [0.5, 0.6) is 11.5 Å². The number of amides is 1. The van der Waals surface area contributed by atoms with Crippen LogP contribution in [0.3, 0.4) is 0 Å². The Balaban J connectivity index is 1.70. The molecule has 0 bridgehead atoms. The lowest BCUT2D eigenvalue weighted by molar-refractivity contribution is -0.0501. The molecule has 0 atom stereocenters. The van der Waals surface area contributed by atoms with Gasteiger partial charge < -0.3 is 9.47 Å². The highest BCUT2D eigenvalue weighted by atomic mass is 32.2. The van der Waals surface area contributed by atoms with Crippen molar-refractivity contribution in [2.45, 2.75) is 11.8 Å². The minimum absolute atomic E-state index is 0.0224. The lowest BCUT2D eigenvalue weighted by Crippen LogP contribution is -2.18. The zero-order valence-corrected chi connectivity index (χ0v) is 14.8. The Morgan fingerprint density at radius 1 is 1.15 bits per heavy atom. The van der Waals surface area contributed by atoms with Gasteiger partial charge in [-0.15, -0.1) is 5.10 Å². The first-order chi connectivity index (χ1) is 13.1. The highest BCUT2D eigenvalue weighted by Crippen LogP contribution is 2.28. The maximum absolute atomic E-state index is 12.4. The van der Waals surface area contributed by atoms with Crippen LogP contribution in [0.4, 0.5) is 8.78 Å². The first-order valence-corrected chi connectivity index (χ1v) is 8.47. The van der Waals surface area contributed by atoms with Gasteiger partial charge in [0.1, 0.15) is 11.5 Å². The summed E-state index contributed by atoms with van der Waals surface area (Å²) in [5, 5.41) is 7.02. The Morgan fingerprint density at radius 3 is 2.59 bits per heavy atom. The molecule has 0 saturated carbocycles. The quantitative estimate of drug-likeness (QED) is 0.598. The number of aromatic amines is 1. The lowest BCUT2D eigenvalue weighted by atomic mass is 10.2. The van der Waals surface area contributed by atoms with Crippen LogP contribution in [0.15, 0.2) is 53.7 Å². The molecule has 1 aromatic heterocycles. The first-order valence-electron chi connectivity index (χ1n) is 7.65. The summed E-state index contributed by atoms with van der Waals surface area (Å²) < 4.78 is 37.0. The maximum atomic E-state index is 12.4. The van der Waals surface area contributed by atoms with Gasteiger partial charge in [-0.1, -0.05) is 24.3 Å². The Kier molecular flexibility index (Phi) is 5.87. The van der Waals surface area contributed by atoms with Crippen LogP contribution >= 0.6 is 11.9 Å². The van der Waals surface area contributed by atoms with Crippen molar-refractivity contribution < 1.29 is 23.0 Å². The summed E-state index contributed by atoms with van der Waals surface area (Å²) in [5.74, 6) is 0.258. The van der Waals surface area contributed by atoms with Crippen LogP contribution in [0.2, 0.25) is 0 Å².